The van der Waals surface area contributed by atoms with Crippen molar-refractivity contribution in [3.8, 4) is 22.9 Å². The van der Waals surface area contributed by atoms with Crippen LogP contribution in [0.5, 0.6) is 11.5 Å². The highest BCUT2D eigenvalue weighted by molar-refractivity contribution is 5.92. The number of amides is 1. The van der Waals surface area contributed by atoms with Gasteiger partial charge >= 0.3 is 0 Å². The number of carbonyl (C=O) groups is 2. The Bertz CT molecular complexity index is 1060. The third kappa shape index (κ3) is 6.30. The second-order valence-corrected chi connectivity index (χ2v) is 6.72. The predicted octanol–water partition coefficient (Wildman–Crippen LogP) is 1.74. The van der Waals surface area contributed by atoms with Gasteiger partial charge in [-0.15, -0.1) is 0 Å². The molecule has 0 unspecified atom stereocenters. The molecule has 1 aromatic heterocycles. The zero-order chi connectivity index (χ0) is 22.9. The van der Waals surface area contributed by atoms with Gasteiger partial charge in [-0.2, -0.15) is 0 Å². The molecule has 0 radical (unpaired) electrons. The molecular weight excluding hydrogens is 417 g/mol. The minimum Gasteiger partial charge on any atom is -0.457 e. The van der Waals surface area contributed by atoms with Crippen molar-refractivity contribution in [1.82, 2.24) is 15.3 Å². The number of carbonyl (C=O) groups excluding carboxylic acids is 2. The molecule has 0 aliphatic heterocycles. The third-order valence-electron chi connectivity index (χ3n) is 4.29. The van der Waals surface area contributed by atoms with Crippen LogP contribution >= 0.6 is 0 Å². The maximum absolute atomic E-state index is 13.0. The van der Waals surface area contributed by atoms with Gasteiger partial charge in [0.25, 0.3) is 5.91 Å². The number of aliphatic hydroxyl groups excluding tert-OH is 1. The number of aldehydes is 1. The number of primary amides is 1. The highest BCUT2D eigenvalue weighted by Gasteiger charge is 2.14. The zero-order valence-corrected chi connectivity index (χ0v) is 17.0. The van der Waals surface area contributed by atoms with E-state index in [1.54, 1.807) is 24.3 Å². The van der Waals surface area contributed by atoms with Crippen LogP contribution in [0.15, 0.2) is 54.6 Å². The third-order valence-corrected chi connectivity index (χ3v) is 4.29. The Morgan fingerprint density at radius 3 is 2.38 bits per heavy atom. The Kier molecular flexibility index (Phi) is 7.79. The number of hydrogen-bond acceptors (Lipinski definition) is 8. The number of nitrogens with zero attached hydrogens (tertiary/aromatic N) is 2. The molecule has 0 saturated heterocycles. The van der Waals surface area contributed by atoms with E-state index in [0.717, 1.165) is 0 Å². The van der Waals surface area contributed by atoms with Crippen molar-refractivity contribution in [2.75, 3.05) is 25.0 Å². The molecule has 32 heavy (non-hydrogen) atoms. The molecule has 166 valence electrons. The van der Waals surface area contributed by atoms with Crippen LogP contribution in [0, 0.1) is 5.82 Å². The first-order valence-corrected chi connectivity index (χ1v) is 9.74. The first-order valence-electron chi connectivity index (χ1n) is 9.74. The average Bonchev–Trinajstić information content (AvgIpc) is 2.80. The Morgan fingerprint density at radius 2 is 1.78 bits per heavy atom. The Morgan fingerprint density at radius 1 is 1.12 bits per heavy atom. The number of halogens is 1. The summed E-state index contributed by atoms with van der Waals surface area (Å²) in [5, 5.41) is 14.7. The zero-order valence-electron chi connectivity index (χ0n) is 17.0. The summed E-state index contributed by atoms with van der Waals surface area (Å²) in [6.07, 6.45) is 0.692. The van der Waals surface area contributed by atoms with Gasteiger partial charge in [-0.05, 0) is 48.5 Å². The topological polar surface area (TPSA) is 139 Å². The van der Waals surface area contributed by atoms with Crippen LogP contribution in [0.1, 0.15) is 10.5 Å². The molecule has 9 nitrogen and oxygen atoms in total. The van der Waals surface area contributed by atoms with E-state index >= 15 is 0 Å². The molecule has 0 saturated carbocycles. The van der Waals surface area contributed by atoms with Crippen molar-refractivity contribution in [1.29, 1.82) is 0 Å². The second-order valence-electron chi connectivity index (χ2n) is 6.72. The fraction of sp³-hybridized carbons (Fsp3) is 0.182. The van der Waals surface area contributed by atoms with Crippen molar-refractivity contribution in [3.05, 3.63) is 66.1 Å². The lowest BCUT2D eigenvalue weighted by atomic mass is 10.2. The van der Waals surface area contributed by atoms with Gasteiger partial charge in [-0.3, -0.25) is 4.79 Å². The molecule has 1 amide bonds. The summed E-state index contributed by atoms with van der Waals surface area (Å²) in [7, 11) is 0. The van der Waals surface area contributed by atoms with Gasteiger partial charge in [-0.25, -0.2) is 14.4 Å². The quantitative estimate of drug-likeness (QED) is 0.262. The van der Waals surface area contributed by atoms with Gasteiger partial charge in [0, 0.05) is 24.7 Å². The molecule has 1 heterocycles. The molecule has 3 rings (SSSR count). The fourth-order valence-electron chi connectivity index (χ4n) is 2.75. The largest absolute Gasteiger partial charge is 0.457 e. The van der Waals surface area contributed by atoms with E-state index < -0.39 is 11.9 Å². The van der Waals surface area contributed by atoms with Crippen molar-refractivity contribution < 1.29 is 23.8 Å². The summed E-state index contributed by atoms with van der Waals surface area (Å²) >= 11 is 0. The average molecular weight is 439 g/mol. The molecule has 0 fully saturated rings. The van der Waals surface area contributed by atoms with Crippen LogP contribution in [0.4, 0.5) is 10.2 Å². The van der Waals surface area contributed by atoms with E-state index in [1.165, 1.54) is 30.3 Å². The highest BCUT2D eigenvalue weighted by atomic mass is 19.1. The summed E-state index contributed by atoms with van der Waals surface area (Å²) in [6, 6.07) is 13.1. The Hall–Kier alpha value is -3.89. The van der Waals surface area contributed by atoms with E-state index in [-0.39, 0.29) is 36.3 Å². The standard InChI is InChI=1S/C22H22FN5O4/c23-15-3-7-18(8-4-15)32-17-5-1-14(2-6-17)22-27-19(21(24)31)11-20(28-22)26-16(13-30)12-25-9-10-29/h1-8,11,13,16,25,29H,9-10,12H2,(H2,24,31)(H,26,27,28)/t16-/m0/s1. The lowest BCUT2D eigenvalue weighted by Gasteiger charge is -2.15. The minimum absolute atomic E-state index is 0.0166. The minimum atomic E-state index is -0.742. The maximum Gasteiger partial charge on any atom is 0.267 e. The number of aliphatic hydroxyl groups is 1. The van der Waals surface area contributed by atoms with E-state index in [2.05, 4.69) is 20.6 Å². The van der Waals surface area contributed by atoms with Gasteiger partial charge in [0.05, 0.1) is 12.6 Å². The number of benzene rings is 2. The Labute approximate surface area is 183 Å². The molecule has 2 aromatic carbocycles. The summed E-state index contributed by atoms with van der Waals surface area (Å²) in [6.45, 7) is 0.528. The summed E-state index contributed by atoms with van der Waals surface area (Å²) in [5.74, 6) is 0.370. The maximum atomic E-state index is 13.0. The van der Waals surface area contributed by atoms with Crippen LogP contribution in [0.25, 0.3) is 11.4 Å². The van der Waals surface area contributed by atoms with Crippen molar-refractivity contribution in [2.24, 2.45) is 5.73 Å². The van der Waals surface area contributed by atoms with Crippen molar-refractivity contribution in [3.63, 3.8) is 0 Å². The number of nitrogens with one attached hydrogen (secondary N) is 2. The van der Waals surface area contributed by atoms with Gasteiger partial charge in [0.2, 0.25) is 0 Å². The van der Waals surface area contributed by atoms with Crippen LogP contribution in [0.2, 0.25) is 0 Å². The van der Waals surface area contributed by atoms with Crippen LogP contribution in [-0.2, 0) is 4.79 Å². The molecular formula is C22H22FN5O4. The monoisotopic (exact) mass is 439 g/mol. The summed E-state index contributed by atoms with van der Waals surface area (Å²) < 4.78 is 18.7. The number of ether oxygens (including phenoxy) is 1. The predicted molar refractivity (Wildman–Crippen MR) is 116 cm³/mol. The van der Waals surface area contributed by atoms with Crippen molar-refractivity contribution >= 4 is 18.0 Å². The molecule has 0 bridgehead atoms. The van der Waals surface area contributed by atoms with E-state index in [4.69, 9.17) is 15.6 Å². The van der Waals surface area contributed by atoms with Gasteiger partial charge in [0.15, 0.2) is 5.82 Å². The lowest BCUT2D eigenvalue weighted by Crippen LogP contribution is -2.35. The second kappa shape index (κ2) is 10.9. The first-order chi connectivity index (χ1) is 15.5. The highest BCUT2D eigenvalue weighted by Crippen LogP contribution is 2.25. The van der Waals surface area contributed by atoms with Crippen LogP contribution < -0.4 is 21.1 Å². The van der Waals surface area contributed by atoms with E-state index in [1.807, 2.05) is 0 Å². The van der Waals surface area contributed by atoms with Gasteiger partial charge < -0.3 is 31.0 Å². The molecule has 10 heteroatoms. The van der Waals surface area contributed by atoms with Crippen LogP contribution in [0.3, 0.4) is 0 Å². The number of aromatic nitrogens is 2. The summed E-state index contributed by atoms with van der Waals surface area (Å²) in [4.78, 5) is 31.6. The molecule has 1 atom stereocenters. The van der Waals surface area contributed by atoms with E-state index in [0.29, 0.717) is 29.9 Å². The molecule has 0 aliphatic rings. The molecule has 0 spiro atoms. The molecule has 5 N–H and O–H groups in total. The fourth-order valence-corrected chi connectivity index (χ4v) is 2.75. The smallest absolute Gasteiger partial charge is 0.267 e. The van der Waals surface area contributed by atoms with Crippen molar-refractivity contribution in [2.45, 2.75) is 6.04 Å². The van der Waals surface area contributed by atoms with Gasteiger partial charge in [0.1, 0.15) is 35.1 Å². The number of hydrogen-bond donors (Lipinski definition) is 4. The Balaban J connectivity index is 1.80. The number of rotatable bonds is 11. The first kappa shape index (κ1) is 22.8. The van der Waals surface area contributed by atoms with E-state index in [9.17, 15) is 14.0 Å². The molecule has 3 aromatic rings. The molecule has 0 aliphatic carbocycles. The number of anilines is 1. The number of nitrogens with two attached hydrogens (primary N) is 1. The summed E-state index contributed by atoms with van der Waals surface area (Å²) in [5.41, 5.74) is 5.97. The lowest BCUT2D eigenvalue weighted by molar-refractivity contribution is -0.108. The van der Waals surface area contributed by atoms with Crippen LogP contribution in [-0.4, -0.2) is 53.0 Å². The SMILES string of the molecule is NC(=O)c1cc(N[C@H](C=O)CNCCO)nc(-c2ccc(Oc3ccc(F)cc3)cc2)n1. The normalized spacial score (nSPS) is 11.6. The van der Waals surface area contributed by atoms with Gasteiger partial charge in [-0.1, -0.05) is 0 Å².